The number of nitrogens with one attached hydrogen (secondary N) is 1. The third-order valence-corrected chi connectivity index (χ3v) is 3.22. The maximum absolute atomic E-state index is 11.7. The average Bonchev–Trinajstić information content (AvgIpc) is 2.70. The van der Waals surface area contributed by atoms with Crippen LogP contribution in [0.25, 0.3) is 0 Å². The van der Waals surface area contributed by atoms with Gasteiger partial charge in [0.25, 0.3) is 0 Å². The SMILES string of the molecule is CCN(C)C(=O)CNC(=O)C1CCCC1N. The Morgan fingerprint density at radius 2 is 2.12 bits per heavy atom. The molecule has 1 aliphatic carbocycles. The van der Waals surface area contributed by atoms with E-state index in [1.165, 1.54) is 0 Å². The second kappa shape index (κ2) is 5.84. The number of hydrogen-bond donors (Lipinski definition) is 2. The topological polar surface area (TPSA) is 75.4 Å². The number of nitrogens with two attached hydrogens (primary N) is 1. The lowest BCUT2D eigenvalue weighted by atomic mass is 10.0. The first-order valence-electron chi connectivity index (χ1n) is 5.83. The van der Waals surface area contributed by atoms with Gasteiger partial charge in [0.05, 0.1) is 12.5 Å². The molecule has 2 amide bonds. The Bertz CT molecular complexity index is 268. The van der Waals surface area contributed by atoms with Gasteiger partial charge in [-0.2, -0.15) is 0 Å². The Morgan fingerprint density at radius 3 is 2.62 bits per heavy atom. The van der Waals surface area contributed by atoms with E-state index < -0.39 is 0 Å². The summed E-state index contributed by atoms with van der Waals surface area (Å²) in [6.07, 6.45) is 2.74. The molecule has 2 atom stereocenters. The van der Waals surface area contributed by atoms with Gasteiger partial charge in [-0.25, -0.2) is 0 Å². The van der Waals surface area contributed by atoms with Crippen LogP contribution in [-0.2, 0) is 9.59 Å². The number of likely N-dealkylation sites (N-methyl/N-ethyl adjacent to an activating group) is 1. The van der Waals surface area contributed by atoms with Crippen LogP contribution < -0.4 is 11.1 Å². The van der Waals surface area contributed by atoms with E-state index in [0.29, 0.717) is 6.54 Å². The van der Waals surface area contributed by atoms with Crippen LogP contribution in [-0.4, -0.2) is 42.9 Å². The molecule has 3 N–H and O–H groups in total. The van der Waals surface area contributed by atoms with Crippen LogP contribution >= 0.6 is 0 Å². The third kappa shape index (κ3) is 3.20. The van der Waals surface area contributed by atoms with Gasteiger partial charge < -0.3 is 16.0 Å². The third-order valence-electron chi connectivity index (χ3n) is 3.22. The summed E-state index contributed by atoms with van der Waals surface area (Å²) in [5.74, 6) is -0.259. The summed E-state index contributed by atoms with van der Waals surface area (Å²) in [6, 6.07) is -0.0426. The van der Waals surface area contributed by atoms with E-state index in [-0.39, 0.29) is 30.3 Å². The summed E-state index contributed by atoms with van der Waals surface area (Å²) in [6.45, 7) is 2.62. The predicted octanol–water partition coefficient (Wildman–Crippen LogP) is -0.292. The molecule has 0 heterocycles. The van der Waals surface area contributed by atoms with Gasteiger partial charge in [0.15, 0.2) is 0 Å². The van der Waals surface area contributed by atoms with Crippen molar-refractivity contribution in [2.75, 3.05) is 20.1 Å². The molecule has 0 radical (unpaired) electrons. The highest BCUT2D eigenvalue weighted by Crippen LogP contribution is 2.23. The lowest BCUT2D eigenvalue weighted by Gasteiger charge is -2.17. The number of nitrogens with zero attached hydrogens (tertiary/aromatic N) is 1. The van der Waals surface area contributed by atoms with Crippen molar-refractivity contribution < 1.29 is 9.59 Å². The average molecular weight is 227 g/mol. The van der Waals surface area contributed by atoms with E-state index in [2.05, 4.69) is 5.32 Å². The Balaban J connectivity index is 2.32. The van der Waals surface area contributed by atoms with Crippen molar-refractivity contribution in [3.63, 3.8) is 0 Å². The Morgan fingerprint density at radius 1 is 1.44 bits per heavy atom. The van der Waals surface area contributed by atoms with E-state index in [1.807, 2.05) is 6.92 Å². The van der Waals surface area contributed by atoms with Crippen LogP contribution in [0.2, 0.25) is 0 Å². The first-order chi connectivity index (χ1) is 7.56. The smallest absolute Gasteiger partial charge is 0.241 e. The number of carbonyl (C=O) groups excluding carboxylic acids is 2. The largest absolute Gasteiger partial charge is 0.347 e. The fraction of sp³-hybridized carbons (Fsp3) is 0.818. The van der Waals surface area contributed by atoms with E-state index in [4.69, 9.17) is 5.73 Å². The minimum Gasteiger partial charge on any atom is -0.347 e. The van der Waals surface area contributed by atoms with Crippen LogP contribution in [0, 0.1) is 5.92 Å². The summed E-state index contributed by atoms with van der Waals surface area (Å²) < 4.78 is 0. The quantitative estimate of drug-likeness (QED) is 0.693. The molecule has 0 aliphatic heterocycles. The van der Waals surface area contributed by atoms with E-state index in [0.717, 1.165) is 19.3 Å². The normalized spacial score (nSPS) is 24.2. The summed E-state index contributed by atoms with van der Waals surface area (Å²) in [7, 11) is 1.72. The molecule has 0 aromatic heterocycles. The molecule has 5 heteroatoms. The molecule has 0 aromatic rings. The van der Waals surface area contributed by atoms with Gasteiger partial charge in [0.1, 0.15) is 0 Å². The zero-order valence-electron chi connectivity index (χ0n) is 10.0. The van der Waals surface area contributed by atoms with Crippen LogP contribution in [0.4, 0.5) is 0 Å². The molecule has 92 valence electrons. The van der Waals surface area contributed by atoms with Crippen LogP contribution in [0.1, 0.15) is 26.2 Å². The molecular formula is C11H21N3O2. The lowest BCUT2D eigenvalue weighted by Crippen LogP contribution is -2.43. The maximum atomic E-state index is 11.7. The molecule has 16 heavy (non-hydrogen) atoms. The number of hydrogen-bond acceptors (Lipinski definition) is 3. The van der Waals surface area contributed by atoms with Crippen molar-refractivity contribution in [1.82, 2.24) is 10.2 Å². The summed E-state index contributed by atoms with van der Waals surface area (Å²) in [5, 5.41) is 2.66. The maximum Gasteiger partial charge on any atom is 0.241 e. The van der Waals surface area contributed by atoms with Crippen LogP contribution in [0.5, 0.6) is 0 Å². The molecule has 2 unspecified atom stereocenters. The highest BCUT2D eigenvalue weighted by molar-refractivity contribution is 5.86. The van der Waals surface area contributed by atoms with Crippen molar-refractivity contribution in [2.24, 2.45) is 11.7 Å². The Labute approximate surface area is 96.4 Å². The first kappa shape index (κ1) is 13.0. The van der Waals surface area contributed by atoms with Crippen molar-refractivity contribution in [3.8, 4) is 0 Å². The molecule has 1 fully saturated rings. The number of rotatable bonds is 4. The van der Waals surface area contributed by atoms with E-state index >= 15 is 0 Å². The molecular weight excluding hydrogens is 206 g/mol. The highest BCUT2D eigenvalue weighted by atomic mass is 16.2. The van der Waals surface area contributed by atoms with Crippen LogP contribution in [0.15, 0.2) is 0 Å². The molecule has 0 saturated heterocycles. The number of carbonyl (C=O) groups is 2. The van der Waals surface area contributed by atoms with E-state index in [9.17, 15) is 9.59 Å². The molecule has 5 nitrogen and oxygen atoms in total. The lowest BCUT2D eigenvalue weighted by molar-refractivity contribution is -0.133. The summed E-state index contributed by atoms with van der Waals surface area (Å²) in [5.41, 5.74) is 5.82. The fourth-order valence-electron chi connectivity index (χ4n) is 1.92. The zero-order valence-corrected chi connectivity index (χ0v) is 10.0. The first-order valence-corrected chi connectivity index (χ1v) is 5.83. The Kier molecular flexibility index (Phi) is 4.73. The summed E-state index contributed by atoms with van der Waals surface area (Å²) in [4.78, 5) is 24.7. The van der Waals surface area contributed by atoms with Crippen molar-refractivity contribution >= 4 is 11.8 Å². The van der Waals surface area contributed by atoms with Gasteiger partial charge in [-0.1, -0.05) is 6.42 Å². The molecule has 1 aliphatic rings. The molecule has 0 aromatic carbocycles. The Hall–Kier alpha value is -1.10. The standard InChI is InChI=1S/C11H21N3O2/c1-3-14(2)10(15)7-13-11(16)8-5-4-6-9(8)12/h8-9H,3-7,12H2,1-2H3,(H,13,16). The molecule has 1 rings (SSSR count). The second-order valence-electron chi connectivity index (χ2n) is 4.33. The van der Waals surface area contributed by atoms with Gasteiger partial charge in [0, 0.05) is 19.6 Å². The van der Waals surface area contributed by atoms with Gasteiger partial charge in [-0.3, -0.25) is 9.59 Å². The van der Waals surface area contributed by atoms with Gasteiger partial charge >= 0.3 is 0 Å². The monoisotopic (exact) mass is 227 g/mol. The summed E-state index contributed by atoms with van der Waals surface area (Å²) >= 11 is 0. The minimum atomic E-state index is -0.111. The number of amides is 2. The molecule has 0 bridgehead atoms. The highest BCUT2D eigenvalue weighted by Gasteiger charge is 2.30. The second-order valence-corrected chi connectivity index (χ2v) is 4.33. The van der Waals surface area contributed by atoms with E-state index in [1.54, 1.807) is 11.9 Å². The van der Waals surface area contributed by atoms with Gasteiger partial charge in [0.2, 0.25) is 11.8 Å². The molecule has 0 spiro atoms. The minimum absolute atomic E-state index is 0.0426. The van der Waals surface area contributed by atoms with Crippen LogP contribution in [0.3, 0.4) is 0 Å². The fourth-order valence-corrected chi connectivity index (χ4v) is 1.92. The van der Waals surface area contributed by atoms with Crippen molar-refractivity contribution in [1.29, 1.82) is 0 Å². The van der Waals surface area contributed by atoms with Gasteiger partial charge in [-0.05, 0) is 19.8 Å². The van der Waals surface area contributed by atoms with Crippen molar-refractivity contribution in [3.05, 3.63) is 0 Å². The predicted molar refractivity (Wildman–Crippen MR) is 61.6 cm³/mol. The van der Waals surface area contributed by atoms with Crippen molar-refractivity contribution in [2.45, 2.75) is 32.2 Å². The van der Waals surface area contributed by atoms with Gasteiger partial charge in [-0.15, -0.1) is 0 Å². The zero-order chi connectivity index (χ0) is 12.1. The molecule has 1 saturated carbocycles.